The molecule has 0 aliphatic heterocycles. The van der Waals surface area contributed by atoms with Crippen LogP contribution in [0.1, 0.15) is 31.7 Å². The smallest absolute Gasteiger partial charge is 0.251 e. The second-order valence-corrected chi connectivity index (χ2v) is 4.90. The first-order valence-electron chi connectivity index (χ1n) is 7.00. The van der Waals surface area contributed by atoms with Crippen LogP contribution in [-0.2, 0) is 0 Å². The van der Waals surface area contributed by atoms with Crippen LogP contribution in [0.2, 0.25) is 0 Å². The number of methoxy groups -OCH3 is 1. The van der Waals surface area contributed by atoms with Crippen molar-refractivity contribution in [3.63, 3.8) is 0 Å². The van der Waals surface area contributed by atoms with Gasteiger partial charge in [-0.3, -0.25) is 4.79 Å². The molecular formula is C16H21NO3. The Morgan fingerprint density at radius 2 is 2.05 bits per heavy atom. The molecule has 1 N–H and O–H groups in total. The van der Waals surface area contributed by atoms with Crippen LogP contribution < -0.4 is 15.0 Å². The molecule has 0 aliphatic rings. The molecule has 0 saturated heterocycles. The van der Waals surface area contributed by atoms with Crippen LogP contribution >= 0.6 is 0 Å². The number of hydrogen-bond acceptors (Lipinski definition) is 3. The third kappa shape index (κ3) is 2.95. The van der Waals surface area contributed by atoms with Gasteiger partial charge in [-0.15, -0.1) is 0 Å². The van der Waals surface area contributed by atoms with Crippen LogP contribution in [0.25, 0.3) is 10.9 Å². The van der Waals surface area contributed by atoms with Gasteiger partial charge in [0.25, 0.3) is 5.56 Å². The van der Waals surface area contributed by atoms with Crippen LogP contribution in [0, 0.1) is 6.92 Å². The number of rotatable bonds is 6. The maximum absolute atomic E-state index is 11.8. The van der Waals surface area contributed by atoms with Crippen molar-refractivity contribution in [1.29, 1.82) is 0 Å². The second kappa shape index (κ2) is 6.46. The summed E-state index contributed by atoms with van der Waals surface area (Å²) in [5.74, 6) is 1.27. The molecule has 0 atom stereocenters. The lowest BCUT2D eigenvalue weighted by atomic mass is 10.1. The van der Waals surface area contributed by atoms with E-state index in [1.54, 1.807) is 14.0 Å². The Morgan fingerprint density at radius 3 is 2.75 bits per heavy atom. The van der Waals surface area contributed by atoms with Gasteiger partial charge in [-0.05, 0) is 31.5 Å². The third-order valence-corrected chi connectivity index (χ3v) is 3.34. The van der Waals surface area contributed by atoms with Gasteiger partial charge in [-0.2, -0.15) is 0 Å². The Labute approximate surface area is 118 Å². The molecule has 0 bridgehead atoms. The van der Waals surface area contributed by atoms with Gasteiger partial charge in [0.2, 0.25) is 0 Å². The summed E-state index contributed by atoms with van der Waals surface area (Å²) in [7, 11) is 1.60. The summed E-state index contributed by atoms with van der Waals surface area (Å²) >= 11 is 0. The second-order valence-electron chi connectivity index (χ2n) is 4.90. The summed E-state index contributed by atoms with van der Waals surface area (Å²) in [5.41, 5.74) is 1.31. The predicted molar refractivity (Wildman–Crippen MR) is 80.9 cm³/mol. The highest BCUT2D eigenvalue weighted by Crippen LogP contribution is 2.34. The van der Waals surface area contributed by atoms with Crippen molar-refractivity contribution in [2.45, 2.75) is 33.1 Å². The summed E-state index contributed by atoms with van der Waals surface area (Å²) in [6, 6.07) is 5.66. The van der Waals surface area contributed by atoms with E-state index < -0.39 is 0 Å². The average molecular weight is 275 g/mol. The topological polar surface area (TPSA) is 51.3 Å². The zero-order valence-corrected chi connectivity index (χ0v) is 12.3. The summed E-state index contributed by atoms with van der Waals surface area (Å²) in [6.07, 6.45) is 3.26. The molecule has 0 spiro atoms. The summed E-state index contributed by atoms with van der Waals surface area (Å²) in [6.45, 7) is 4.57. The molecule has 2 aromatic rings. The molecule has 0 amide bonds. The number of aryl methyl sites for hydroxylation is 1. The van der Waals surface area contributed by atoms with Gasteiger partial charge < -0.3 is 14.5 Å². The molecule has 0 saturated carbocycles. The van der Waals surface area contributed by atoms with E-state index in [0.29, 0.717) is 29.2 Å². The average Bonchev–Trinajstić information content (AvgIpc) is 2.45. The van der Waals surface area contributed by atoms with E-state index in [1.807, 2.05) is 18.2 Å². The van der Waals surface area contributed by atoms with Gasteiger partial charge in [-0.1, -0.05) is 19.8 Å². The number of fused-ring (bicyclic) bond motifs is 1. The fraction of sp³-hybridized carbons (Fsp3) is 0.438. The minimum atomic E-state index is -0.0934. The van der Waals surface area contributed by atoms with Gasteiger partial charge in [0.15, 0.2) is 11.5 Å². The van der Waals surface area contributed by atoms with Gasteiger partial charge in [0.05, 0.1) is 19.2 Å². The molecule has 0 fully saturated rings. The molecule has 1 aromatic heterocycles. The number of nitrogens with one attached hydrogen (secondary N) is 1. The monoisotopic (exact) mass is 275 g/mol. The van der Waals surface area contributed by atoms with Crippen molar-refractivity contribution < 1.29 is 9.47 Å². The van der Waals surface area contributed by atoms with E-state index in [2.05, 4.69) is 11.9 Å². The number of benzene rings is 1. The minimum Gasteiger partial charge on any atom is -0.493 e. The van der Waals surface area contributed by atoms with Crippen LogP contribution in [0.15, 0.2) is 23.0 Å². The maximum Gasteiger partial charge on any atom is 0.251 e. The number of aromatic amines is 1. The third-order valence-electron chi connectivity index (χ3n) is 3.34. The van der Waals surface area contributed by atoms with Crippen molar-refractivity contribution in [3.8, 4) is 11.5 Å². The van der Waals surface area contributed by atoms with Crippen LogP contribution in [0.4, 0.5) is 0 Å². The zero-order valence-electron chi connectivity index (χ0n) is 12.3. The van der Waals surface area contributed by atoms with E-state index in [0.717, 1.165) is 24.6 Å². The first-order chi connectivity index (χ1) is 9.67. The standard InChI is InChI=1S/C16H21NO3/c1-4-5-6-9-20-15-13(19-3)8-7-12-10-11(2)16(18)17-14(12)15/h7-8,10H,4-6,9H2,1-3H3,(H,17,18). The van der Waals surface area contributed by atoms with Gasteiger partial charge in [-0.25, -0.2) is 0 Å². The predicted octanol–water partition coefficient (Wildman–Crippen LogP) is 3.41. The highest BCUT2D eigenvalue weighted by atomic mass is 16.5. The van der Waals surface area contributed by atoms with Gasteiger partial charge in [0.1, 0.15) is 0 Å². The lowest BCUT2D eigenvalue weighted by Gasteiger charge is -2.13. The molecular weight excluding hydrogens is 254 g/mol. The fourth-order valence-electron chi connectivity index (χ4n) is 2.17. The first kappa shape index (κ1) is 14.4. The van der Waals surface area contributed by atoms with Crippen molar-refractivity contribution >= 4 is 10.9 Å². The van der Waals surface area contributed by atoms with E-state index in [-0.39, 0.29) is 5.56 Å². The Hall–Kier alpha value is -1.97. The van der Waals surface area contributed by atoms with Gasteiger partial charge in [0, 0.05) is 10.9 Å². The highest BCUT2D eigenvalue weighted by Gasteiger charge is 2.11. The molecule has 108 valence electrons. The Kier molecular flexibility index (Phi) is 4.66. The molecule has 2 rings (SSSR count). The number of hydrogen-bond donors (Lipinski definition) is 1. The Balaban J connectivity index is 2.42. The molecule has 0 unspecified atom stereocenters. The number of pyridine rings is 1. The molecule has 4 nitrogen and oxygen atoms in total. The van der Waals surface area contributed by atoms with E-state index in [1.165, 1.54) is 0 Å². The van der Waals surface area contributed by atoms with Crippen molar-refractivity contribution in [1.82, 2.24) is 4.98 Å². The fourth-order valence-corrected chi connectivity index (χ4v) is 2.17. The molecule has 20 heavy (non-hydrogen) atoms. The summed E-state index contributed by atoms with van der Waals surface area (Å²) < 4.78 is 11.2. The van der Waals surface area contributed by atoms with Crippen molar-refractivity contribution in [2.75, 3.05) is 13.7 Å². The van der Waals surface area contributed by atoms with Crippen molar-refractivity contribution in [3.05, 3.63) is 34.1 Å². The Bertz CT molecular complexity index is 646. The lowest BCUT2D eigenvalue weighted by molar-refractivity contribution is 0.289. The SMILES string of the molecule is CCCCCOc1c(OC)ccc2cc(C)c(=O)[nH]c12. The van der Waals surface area contributed by atoms with E-state index in [9.17, 15) is 4.79 Å². The number of H-pyrrole nitrogens is 1. The minimum absolute atomic E-state index is 0.0934. The maximum atomic E-state index is 11.8. The molecule has 0 radical (unpaired) electrons. The Morgan fingerprint density at radius 1 is 1.25 bits per heavy atom. The normalized spacial score (nSPS) is 10.8. The summed E-state index contributed by atoms with van der Waals surface area (Å²) in [4.78, 5) is 14.7. The zero-order chi connectivity index (χ0) is 14.5. The lowest BCUT2D eigenvalue weighted by Crippen LogP contribution is -2.10. The van der Waals surface area contributed by atoms with Crippen LogP contribution in [0.3, 0.4) is 0 Å². The molecule has 1 heterocycles. The molecule has 1 aromatic carbocycles. The number of aromatic nitrogens is 1. The number of unbranched alkanes of at least 4 members (excludes halogenated alkanes) is 2. The highest BCUT2D eigenvalue weighted by molar-refractivity contribution is 5.87. The molecule has 4 heteroatoms. The molecule has 0 aliphatic carbocycles. The van der Waals surface area contributed by atoms with Crippen LogP contribution in [-0.4, -0.2) is 18.7 Å². The number of ether oxygens (including phenoxy) is 2. The quantitative estimate of drug-likeness (QED) is 0.822. The van der Waals surface area contributed by atoms with E-state index in [4.69, 9.17) is 9.47 Å². The van der Waals surface area contributed by atoms with Gasteiger partial charge >= 0.3 is 0 Å². The summed E-state index contributed by atoms with van der Waals surface area (Å²) in [5, 5.41) is 0.952. The van der Waals surface area contributed by atoms with Crippen molar-refractivity contribution in [2.24, 2.45) is 0 Å². The first-order valence-corrected chi connectivity index (χ1v) is 7.00. The largest absolute Gasteiger partial charge is 0.493 e. The van der Waals surface area contributed by atoms with Crippen LogP contribution in [0.5, 0.6) is 11.5 Å². The van der Waals surface area contributed by atoms with E-state index >= 15 is 0 Å².